The molecule has 0 unspecified atom stereocenters. The van der Waals surface area contributed by atoms with E-state index >= 15 is 0 Å². The Balaban J connectivity index is 1.96. The first-order chi connectivity index (χ1) is 14.6. The van der Waals surface area contributed by atoms with E-state index in [2.05, 4.69) is 11.8 Å². The number of nitrogens with zero attached hydrogens (tertiary/aromatic N) is 3. The Hall–Kier alpha value is -2.67. The maximum absolute atomic E-state index is 10.3. The predicted molar refractivity (Wildman–Crippen MR) is 118 cm³/mol. The molecule has 0 bridgehead atoms. The van der Waals surface area contributed by atoms with Crippen LogP contribution < -0.4 is 4.74 Å². The van der Waals surface area contributed by atoms with E-state index in [1.54, 1.807) is 7.11 Å². The molecule has 0 amide bonds. The number of aryl methyl sites for hydroxylation is 1. The van der Waals surface area contributed by atoms with Crippen LogP contribution in [-0.2, 0) is 11.3 Å². The van der Waals surface area contributed by atoms with Gasteiger partial charge in [-0.2, -0.15) is 5.10 Å². The monoisotopic (exact) mass is 409 g/mol. The van der Waals surface area contributed by atoms with Gasteiger partial charge in [0.15, 0.2) is 0 Å². The first kappa shape index (κ1) is 22.0. The van der Waals surface area contributed by atoms with Crippen molar-refractivity contribution >= 4 is 0 Å². The number of aliphatic hydroxyl groups is 1. The van der Waals surface area contributed by atoms with Crippen molar-refractivity contribution in [2.75, 3.05) is 26.8 Å². The molecule has 6 nitrogen and oxygen atoms in total. The van der Waals surface area contributed by atoms with Gasteiger partial charge < -0.3 is 14.6 Å². The van der Waals surface area contributed by atoms with E-state index in [-0.39, 0.29) is 0 Å². The van der Waals surface area contributed by atoms with Crippen molar-refractivity contribution in [1.29, 1.82) is 0 Å². The lowest BCUT2D eigenvalue weighted by Gasteiger charge is -2.24. The van der Waals surface area contributed by atoms with Gasteiger partial charge in [-0.25, -0.2) is 4.68 Å². The third-order valence-corrected chi connectivity index (χ3v) is 4.85. The molecule has 0 aliphatic rings. The van der Waals surface area contributed by atoms with Gasteiger partial charge in [0.1, 0.15) is 5.75 Å². The zero-order chi connectivity index (χ0) is 21.3. The summed E-state index contributed by atoms with van der Waals surface area (Å²) >= 11 is 0. The van der Waals surface area contributed by atoms with Crippen molar-refractivity contribution in [3.05, 3.63) is 71.9 Å². The van der Waals surface area contributed by atoms with Gasteiger partial charge in [0, 0.05) is 20.2 Å². The smallest absolute Gasteiger partial charge is 0.227 e. The zero-order valence-corrected chi connectivity index (χ0v) is 18.0. The molecule has 3 rings (SSSR count). The molecular formula is C24H31N3O3. The number of methoxy groups -OCH3 is 1. The molecule has 1 atom stereocenters. The largest absolute Gasteiger partial charge is 0.439 e. The summed E-state index contributed by atoms with van der Waals surface area (Å²) in [6.07, 6.45) is 0.449. The number of aliphatic hydroxyl groups excluding tert-OH is 1. The fraction of sp³-hybridized carbons (Fsp3) is 0.375. The van der Waals surface area contributed by atoms with Gasteiger partial charge in [-0.3, -0.25) is 4.90 Å². The lowest BCUT2D eigenvalue weighted by atomic mass is 10.2. The van der Waals surface area contributed by atoms with Crippen LogP contribution in [-0.4, -0.2) is 52.7 Å². The molecule has 1 N–H and O–H groups in total. The van der Waals surface area contributed by atoms with Gasteiger partial charge in [0.25, 0.3) is 0 Å². The molecule has 0 aliphatic carbocycles. The summed E-state index contributed by atoms with van der Waals surface area (Å²) in [6.45, 7) is 6.48. The molecule has 30 heavy (non-hydrogen) atoms. The Bertz CT molecular complexity index is 897. The first-order valence-corrected chi connectivity index (χ1v) is 10.4. The van der Waals surface area contributed by atoms with Crippen molar-refractivity contribution in [1.82, 2.24) is 14.7 Å². The van der Waals surface area contributed by atoms with E-state index in [1.807, 2.05) is 72.3 Å². The number of benzene rings is 2. The van der Waals surface area contributed by atoms with Crippen LogP contribution in [0.3, 0.4) is 0 Å². The lowest BCUT2D eigenvalue weighted by Crippen LogP contribution is -2.35. The highest BCUT2D eigenvalue weighted by Crippen LogP contribution is 2.31. The third-order valence-electron chi connectivity index (χ3n) is 4.85. The molecule has 1 aromatic heterocycles. The minimum atomic E-state index is -0.537. The molecule has 0 spiro atoms. The summed E-state index contributed by atoms with van der Waals surface area (Å²) in [5.41, 5.74) is 2.87. The quantitative estimate of drug-likeness (QED) is 0.515. The molecule has 6 heteroatoms. The van der Waals surface area contributed by atoms with Crippen LogP contribution >= 0.6 is 0 Å². The maximum atomic E-state index is 10.3. The van der Waals surface area contributed by atoms with Gasteiger partial charge in [0.2, 0.25) is 5.88 Å². The van der Waals surface area contributed by atoms with Gasteiger partial charge in [-0.1, -0.05) is 43.3 Å². The van der Waals surface area contributed by atoms with Crippen LogP contribution in [0.5, 0.6) is 11.6 Å². The van der Waals surface area contributed by atoms with Gasteiger partial charge in [-0.15, -0.1) is 0 Å². The minimum absolute atomic E-state index is 0.315. The van der Waals surface area contributed by atoms with Crippen molar-refractivity contribution in [2.45, 2.75) is 32.9 Å². The molecule has 0 saturated heterocycles. The average Bonchev–Trinajstić information content (AvgIpc) is 3.05. The Morgan fingerprint density at radius 2 is 1.73 bits per heavy atom. The van der Waals surface area contributed by atoms with Crippen LogP contribution in [0, 0.1) is 6.92 Å². The molecule has 0 fully saturated rings. The molecule has 0 aliphatic heterocycles. The Morgan fingerprint density at radius 3 is 2.37 bits per heavy atom. The Labute approximate surface area is 178 Å². The normalized spacial score (nSPS) is 12.3. The van der Waals surface area contributed by atoms with E-state index in [0.29, 0.717) is 25.6 Å². The summed E-state index contributed by atoms with van der Waals surface area (Å²) in [6, 6.07) is 19.7. The number of hydrogen-bond donors (Lipinski definition) is 1. The number of ether oxygens (including phenoxy) is 2. The summed E-state index contributed by atoms with van der Waals surface area (Å²) < 4.78 is 13.3. The van der Waals surface area contributed by atoms with Crippen LogP contribution in [0.1, 0.15) is 24.6 Å². The average molecular weight is 410 g/mol. The number of rotatable bonds is 11. The summed E-state index contributed by atoms with van der Waals surface area (Å²) in [4.78, 5) is 2.22. The molecule has 3 aromatic rings. The Kier molecular flexibility index (Phi) is 8.02. The standard InChI is InChI=1S/C24H31N3O3/c1-4-15-26(16-21(28)18-29-3)17-23-19(2)25-27(20-11-7-5-8-12-20)24(23)30-22-13-9-6-10-14-22/h5-14,21,28H,4,15-18H2,1-3H3/t21-/m0/s1. The summed E-state index contributed by atoms with van der Waals surface area (Å²) in [7, 11) is 1.60. The highest BCUT2D eigenvalue weighted by Gasteiger charge is 2.22. The summed E-state index contributed by atoms with van der Waals surface area (Å²) in [5.74, 6) is 1.46. The third kappa shape index (κ3) is 5.69. The van der Waals surface area contributed by atoms with Crippen molar-refractivity contribution < 1.29 is 14.6 Å². The van der Waals surface area contributed by atoms with Crippen LogP contribution in [0.4, 0.5) is 0 Å². The predicted octanol–water partition coefficient (Wildman–Crippen LogP) is 4.19. The fourth-order valence-corrected chi connectivity index (χ4v) is 3.49. The second kappa shape index (κ2) is 10.9. The zero-order valence-electron chi connectivity index (χ0n) is 18.0. The summed E-state index contributed by atoms with van der Waals surface area (Å²) in [5, 5.41) is 15.0. The van der Waals surface area contributed by atoms with Gasteiger partial charge in [0.05, 0.1) is 29.7 Å². The van der Waals surface area contributed by atoms with E-state index in [4.69, 9.17) is 14.6 Å². The molecule has 2 aromatic carbocycles. The van der Waals surface area contributed by atoms with Gasteiger partial charge >= 0.3 is 0 Å². The molecule has 0 radical (unpaired) electrons. The highest BCUT2D eigenvalue weighted by molar-refractivity contribution is 5.43. The van der Waals surface area contributed by atoms with E-state index in [0.717, 1.165) is 35.7 Å². The fourth-order valence-electron chi connectivity index (χ4n) is 3.49. The van der Waals surface area contributed by atoms with Crippen molar-refractivity contribution in [2.24, 2.45) is 0 Å². The minimum Gasteiger partial charge on any atom is -0.439 e. The topological polar surface area (TPSA) is 59.8 Å². The van der Waals surface area contributed by atoms with E-state index in [1.165, 1.54) is 0 Å². The maximum Gasteiger partial charge on any atom is 0.227 e. The lowest BCUT2D eigenvalue weighted by molar-refractivity contribution is 0.0356. The first-order valence-electron chi connectivity index (χ1n) is 10.4. The molecular weight excluding hydrogens is 378 g/mol. The van der Waals surface area contributed by atoms with E-state index in [9.17, 15) is 5.11 Å². The Morgan fingerprint density at radius 1 is 1.07 bits per heavy atom. The van der Waals surface area contributed by atoms with Crippen LogP contribution in [0.15, 0.2) is 60.7 Å². The second-order valence-electron chi connectivity index (χ2n) is 7.38. The number of aromatic nitrogens is 2. The number of para-hydroxylation sites is 2. The molecule has 160 valence electrons. The van der Waals surface area contributed by atoms with Crippen molar-refractivity contribution in [3.63, 3.8) is 0 Å². The molecule has 0 saturated carbocycles. The second-order valence-corrected chi connectivity index (χ2v) is 7.38. The highest BCUT2D eigenvalue weighted by atomic mass is 16.5. The van der Waals surface area contributed by atoms with Crippen LogP contribution in [0.2, 0.25) is 0 Å². The molecule has 1 heterocycles. The van der Waals surface area contributed by atoms with E-state index < -0.39 is 6.10 Å². The van der Waals surface area contributed by atoms with Crippen molar-refractivity contribution in [3.8, 4) is 17.3 Å². The SMILES string of the molecule is CCCN(Cc1c(C)nn(-c2ccccc2)c1Oc1ccccc1)C[C@H](O)COC. The van der Waals surface area contributed by atoms with Gasteiger partial charge in [-0.05, 0) is 44.2 Å². The van der Waals surface area contributed by atoms with Crippen LogP contribution in [0.25, 0.3) is 5.69 Å². The number of hydrogen-bond acceptors (Lipinski definition) is 5.